The van der Waals surface area contributed by atoms with E-state index in [1.54, 1.807) is 30.4 Å². The molecule has 1 atom stereocenters. The molecule has 2 aromatic heterocycles. The topological polar surface area (TPSA) is 84.9 Å². The Balaban J connectivity index is 1.37. The van der Waals surface area contributed by atoms with Crippen LogP contribution in [0.5, 0.6) is 5.75 Å². The second-order valence-electron chi connectivity index (χ2n) is 7.39. The molecule has 30 heavy (non-hydrogen) atoms. The van der Waals surface area contributed by atoms with E-state index in [-0.39, 0.29) is 18.2 Å². The van der Waals surface area contributed by atoms with Crippen molar-refractivity contribution in [2.24, 2.45) is 5.92 Å². The van der Waals surface area contributed by atoms with Crippen LogP contribution in [-0.4, -0.2) is 30.4 Å². The molecular weight excluding hydrogens is 384 g/mol. The number of rotatable bonds is 5. The fraction of sp³-hybridized carbons (Fsp3) is 0.217. The number of amides is 2. The van der Waals surface area contributed by atoms with Crippen LogP contribution in [-0.2, 0) is 16.1 Å². The number of anilines is 1. The minimum Gasteiger partial charge on any atom is -0.495 e. The molecule has 0 aliphatic carbocycles. The maximum atomic E-state index is 12.9. The zero-order valence-electron chi connectivity index (χ0n) is 16.4. The smallest absolute Gasteiger partial charge is 0.229 e. The standard InChI is InChI=1S/C23H20N2O5/c1-28-21-10-17-16-6-2-3-7-19(16)30-20(17)11-18(21)24-23(27)14-9-22(26)25(12-14)13-15-5-4-8-29-15/h2-8,10-11,14H,9,12-13H2,1H3,(H,24,27)/t14-/m1/s1. The Kier molecular flexibility index (Phi) is 4.43. The predicted molar refractivity (Wildman–Crippen MR) is 111 cm³/mol. The summed E-state index contributed by atoms with van der Waals surface area (Å²) >= 11 is 0. The molecule has 7 heteroatoms. The number of furan rings is 2. The van der Waals surface area contributed by atoms with Crippen LogP contribution in [0.15, 0.2) is 63.6 Å². The lowest BCUT2D eigenvalue weighted by molar-refractivity contribution is -0.128. The Labute approximate surface area is 172 Å². The van der Waals surface area contributed by atoms with Crippen molar-refractivity contribution < 1.29 is 23.2 Å². The SMILES string of the molecule is COc1cc2c(cc1NC(=O)[C@@H]1CC(=O)N(Cc3ccco3)C1)oc1ccccc12. The van der Waals surface area contributed by atoms with Gasteiger partial charge in [0, 0.05) is 29.8 Å². The molecule has 0 spiro atoms. The molecule has 2 aromatic carbocycles. The molecule has 1 fully saturated rings. The molecule has 4 aromatic rings. The number of fused-ring (bicyclic) bond motifs is 3. The van der Waals surface area contributed by atoms with E-state index in [2.05, 4.69) is 5.32 Å². The van der Waals surface area contributed by atoms with Crippen LogP contribution in [0.1, 0.15) is 12.2 Å². The second kappa shape index (κ2) is 7.26. The van der Waals surface area contributed by atoms with Gasteiger partial charge in [-0.3, -0.25) is 9.59 Å². The summed E-state index contributed by atoms with van der Waals surface area (Å²) < 4.78 is 16.7. The van der Waals surface area contributed by atoms with E-state index in [0.717, 1.165) is 16.4 Å². The van der Waals surface area contributed by atoms with E-state index >= 15 is 0 Å². The molecule has 1 aliphatic heterocycles. The quantitative estimate of drug-likeness (QED) is 0.540. The molecule has 7 nitrogen and oxygen atoms in total. The molecule has 1 N–H and O–H groups in total. The van der Waals surface area contributed by atoms with Crippen LogP contribution >= 0.6 is 0 Å². The maximum Gasteiger partial charge on any atom is 0.229 e. The van der Waals surface area contributed by atoms with Crippen molar-refractivity contribution in [3.05, 3.63) is 60.6 Å². The fourth-order valence-corrected chi connectivity index (χ4v) is 3.94. The van der Waals surface area contributed by atoms with Gasteiger partial charge in [0.2, 0.25) is 11.8 Å². The number of carbonyl (C=O) groups excluding carboxylic acids is 2. The third-order valence-corrected chi connectivity index (χ3v) is 5.47. The summed E-state index contributed by atoms with van der Waals surface area (Å²) in [5.41, 5.74) is 1.95. The van der Waals surface area contributed by atoms with E-state index < -0.39 is 5.92 Å². The Bertz CT molecular complexity index is 1240. The van der Waals surface area contributed by atoms with Crippen molar-refractivity contribution in [1.29, 1.82) is 0 Å². The zero-order valence-corrected chi connectivity index (χ0v) is 16.4. The molecule has 3 heterocycles. The van der Waals surface area contributed by atoms with Crippen LogP contribution < -0.4 is 10.1 Å². The first-order valence-electron chi connectivity index (χ1n) is 9.72. The van der Waals surface area contributed by atoms with E-state index in [1.807, 2.05) is 36.4 Å². The minimum absolute atomic E-state index is 0.0637. The number of methoxy groups -OCH3 is 1. The molecule has 1 saturated heterocycles. The first-order chi connectivity index (χ1) is 14.6. The fourth-order valence-electron chi connectivity index (χ4n) is 3.94. The minimum atomic E-state index is -0.441. The number of hydrogen-bond acceptors (Lipinski definition) is 5. The first kappa shape index (κ1) is 18.3. The number of hydrogen-bond donors (Lipinski definition) is 1. The lowest BCUT2D eigenvalue weighted by Gasteiger charge is -2.16. The number of carbonyl (C=O) groups is 2. The maximum absolute atomic E-state index is 12.9. The van der Waals surface area contributed by atoms with Gasteiger partial charge in [0.1, 0.15) is 22.7 Å². The molecule has 0 radical (unpaired) electrons. The van der Waals surface area contributed by atoms with Gasteiger partial charge in [-0.25, -0.2) is 0 Å². The Morgan fingerprint density at radius 1 is 1.17 bits per heavy atom. The second-order valence-corrected chi connectivity index (χ2v) is 7.39. The van der Waals surface area contributed by atoms with Crippen molar-refractivity contribution in [2.45, 2.75) is 13.0 Å². The summed E-state index contributed by atoms with van der Waals surface area (Å²) in [4.78, 5) is 26.9. The third-order valence-electron chi connectivity index (χ3n) is 5.47. The van der Waals surface area contributed by atoms with Crippen LogP contribution in [0, 0.1) is 5.92 Å². The van der Waals surface area contributed by atoms with Crippen molar-refractivity contribution in [2.75, 3.05) is 19.0 Å². The van der Waals surface area contributed by atoms with Crippen molar-refractivity contribution >= 4 is 39.4 Å². The highest BCUT2D eigenvalue weighted by Gasteiger charge is 2.35. The van der Waals surface area contributed by atoms with E-state index in [4.69, 9.17) is 13.6 Å². The summed E-state index contributed by atoms with van der Waals surface area (Å²) in [6.07, 6.45) is 1.74. The third kappa shape index (κ3) is 3.18. The van der Waals surface area contributed by atoms with Crippen molar-refractivity contribution in [3.8, 4) is 5.75 Å². The zero-order chi connectivity index (χ0) is 20.7. The number of likely N-dealkylation sites (tertiary alicyclic amines) is 1. The van der Waals surface area contributed by atoms with Crippen molar-refractivity contribution in [1.82, 2.24) is 4.90 Å². The molecule has 2 amide bonds. The average Bonchev–Trinajstić information content (AvgIpc) is 3.47. The lowest BCUT2D eigenvalue weighted by Crippen LogP contribution is -2.28. The largest absolute Gasteiger partial charge is 0.495 e. The number of ether oxygens (including phenoxy) is 1. The molecular formula is C23H20N2O5. The average molecular weight is 404 g/mol. The normalized spacial score (nSPS) is 16.5. The monoisotopic (exact) mass is 404 g/mol. The Morgan fingerprint density at radius 3 is 2.83 bits per heavy atom. The van der Waals surface area contributed by atoms with Gasteiger partial charge in [0.25, 0.3) is 0 Å². The molecule has 152 valence electrons. The number of nitrogens with one attached hydrogen (secondary N) is 1. The molecule has 5 rings (SSSR count). The van der Waals surface area contributed by atoms with E-state index in [1.165, 1.54) is 0 Å². The number of benzene rings is 2. The van der Waals surface area contributed by atoms with Gasteiger partial charge < -0.3 is 23.8 Å². The summed E-state index contributed by atoms with van der Waals surface area (Å²) in [5.74, 6) is 0.509. The molecule has 1 aliphatic rings. The highest BCUT2D eigenvalue weighted by Crippen LogP contribution is 2.36. The van der Waals surface area contributed by atoms with Gasteiger partial charge in [0.15, 0.2) is 0 Å². The van der Waals surface area contributed by atoms with Gasteiger partial charge in [-0.2, -0.15) is 0 Å². The van der Waals surface area contributed by atoms with Crippen molar-refractivity contribution in [3.63, 3.8) is 0 Å². The van der Waals surface area contributed by atoms with Gasteiger partial charge in [-0.05, 0) is 24.3 Å². The highest BCUT2D eigenvalue weighted by molar-refractivity contribution is 6.08. The van der Waals surface area contributed by atoms with E-state index in [0.29, 0.717) is 35.9 Å². The van der Waals surface area contributed by atoms with Crippen LogP contribution in [0.4, 0.5) is 5.69 Å². The van der Waals surface area contributed by atoms with Gasteiger partial charge in [-0.15, -0.1) is 0 Å². The predicted octanol–water partition coefficient (Wildman–Crippen LogP) is 4.17. The molecule has 0 saturated carbocycles. The summed E-state index contributed by atoms with van der Waals surface area (Å²) in [6, 6.07) is 15.0. The highest BCUT2D eigenvalue weighted by atomic mass is 16.5. The summed E-state index contributed by atoms with van der Waals surface area (Å²) in [6.45, 7) is 0.713. The van der Waals surface area contributed by atoms with Crippen LogP contribution in [0.2, 0.25) is 0 Å². The Hall–Kier alpha value is -3.74. The Morgan fingerprint density at radius 2 is 2.03 bits per heavy atom. The molecule has 0 unspecified atom stereocenters. The van der Waals surface area contributed by atoms with Gasteiger partial charge in [0.05, 0.1) is 31.5 Å². The van der Waals surface area contributed by atoms with Crippen LogP contribution in [0.25, 0.3) is 21.9 Å². The van der Waals surface area contributed by atoms with Gasteiger partial charge in [-0.1, -0.05) is 18.2 Å². The molecule has 0 bridgehead atoms. The first-order valence-corrected chi connectivity index (χ1v) is 9.72. The van der Waals surface area contributed by atoms with Crippen LogP contribution in [0.3, 0.4) is 0 Å². The lowest BCUT2D eigenvalue weighted by atomic mass is 10.1. The van der Waals surface area contributed by atoms with Gasteiger partial charge >= 0.3 is 0 Å². The summed E-state index contributed by atoms with van der Waals surface area (Å²) in [5, 5.41) is 4.82. The number of para-hydroxylation sites is 1. The summed E-state index contributed by atoms with van der Waals surface area (Å²) in [7, 11) is 1.56. The van der Waals surface area contributed by atoms with E-state index in [9.17, 15) is 9.59 Å². The number of nitrogens with zero attached hydrogens (tertiary/aromatic N) is 1.